The van der Waals surface area contributed by atoms with Gasteiger partial charge in [0.2, 0.25) is 0 Å². The minimum absolute atomic E-state index is 0.0299. The molecule has 8 nitrogen and oxygen atoms in total. The molecule has 0 saturated heterocycles. The summed E-state index contributed by atoms with van der Waals surface area (Å²) in [6.07, 6.45) is -0.211. The number of nitrogens with zero attached hydrogens (tertiary/aromatic N) is 1. The Morgan fingerprint density at radius 2 is 1.48 bits per heavy atom. The Labute approximate surface area is 167 Å². The van der Waals surface area contributed by atoms with Crippen LogP contribution in [-0.4, -0.2) is 42.1 Å². The highest BCUT2D eigenvalue weighted by atomic mass is 16.6. The molecule has 150 valence electrons. The second-order valence-electron chi connectivity index (χ2n) is 6.32. The lowest BCUT2D eigenvalue weighted by molar-refractivity contribution is -0.146. The van der Waals surface area contributed by atoms with E-state index in [-0.39, 0.29) is 19.6 Å². The quantitative estimate of drug-likeness (QED) is 0.418. The Hall–Kier alpha value is -3.68. The van der Waals surface area contributed by atoms with E-state index >= 15 is 0 Å². The highest BCUT2D eigenvalue weighted by molar-refractivity contribution is 6.21. The highest BCUT2D eigenvalue weighted by Gasteiger charge is 2.35. The van der Waals surface area contributed by atoms with Crippen molar-refractivity contribution in [2.75, 3.05) is 13.3 Å². The lowest BCUT2D eigenvalue weighted by atomic mass is 10.1. The molecule has 0 saturated carbocycles. The van der Waals surface area contributed by atoms with E-state index < -0.39 is 30.6 Å². The molecule has 0 atom stereocenters. The maximum Gasteiger partial charge on any atom is 0.407 e. The molecule has 0 radical (unpaired) electrons. The normalized spacial score (nSPS) is 12.5. The van der Waals surface area contributed by atoms with Crippen LogP contribution in [0, 0.1) is 0 Å². The lowest BCUT2D eigenvalue weighted by Crippen LogP contribution is -2.33. The first-order valence-electron chi connectivity index (χ1n) is 9.11. The zero-order valence-corrected chi connectivity index (χ0v) is 15.6. The summed E-state index contributed by atoms with van der Waals surface area (Å²) >= 11 is 0. The molecule has 1 aliphatic heterocycles. The van der Waals surface area contributed by atoms with Gasteiger partial charge in [0.05, 0.1) is 11.1 Å². The van der Waals surface area contributed by atoms with Crippen molar-refractivity contribution in [3.63, 3.8) is 0 Å². The number of carbonyl (C=O) groups excluding carboxylic acids is 4. The van der Waals surface area contributed by atoms with Crippen LogP contribution in [0.5, 0.6) is 0 Å². The van der Waals surface area contributed by atoms with E-state index in [1.807, 2.05) is 30.3 Å². The minimum Gasteiger partial charge on any atom is -0.445 e. The van der Waals surface area contributed by atoms with Crippen molar-refractivity contribution in [3.05, 3.63) is 71.3 Å². The summed E-state index contributed by atoms with van der Waals surface area (Å²) in [7, 11) is 0. The van der Waals surface area contributed by atoms with Crippen molar-refractivity contribution in [1.82, 2.24) is 10.2 Å². The number of ether oxygens (including phenoxy) is 2. The van der Waals surface area contributed by atoms with Gasteiger partial charge in [-0.15, -0.1) is 0 Å². The molecular weight excluding hydrogens is 376 g/mol. The fraction of sp³-hybridized carbons (Fsp3) is 0.238. The standard InChI is InChI=1S/C21H20N2O6/c24-18(11-6-12-22-21(27)28-13-15-7-2-1-3-8-15)29-14-23-19(25)16-9-4-5-10-17(16)20(23)26/h1-5,7-10H,6,11-14H2,(H,22,27). The number of fused-ring (bicyclic) bond motifs is 1. The monoisotopic (exact) mass is 396 g/mol. The van der Waals surface area contributed by atoms with E-state index in [1.165, 1.54) is 0 Å². The third-order valence-corrected chi connectivity index (χ3v) is 4.27. The molecule has 1 heterocycles. The highest BCUT2D eigenvalue weighted by Crippen LogP contribution is 2.22. The summed E-state index contributed by atoms with van der Waals surface area (Å²) in [6.45, 7) is -0.0392. The second-order valence-corrected chi connectivity index (χ2v) is 6.32. The van der Waals surface area contributed by atoms with Crippen LogP contribution >= 0.6 is 0 Å². The van der Waals surface area contributed by atoms with E-state index in [0.29, 0.717) is 17.5 Å². The number of hydrogen-bond donors (Lipinski definition) is 1. The van der Waals surface area contributed by atoms with Gasteiger partial charge in [-0.2, -0.15) is 0 Å². The molecule has 29 heavy (non-hydrogen) atoms. The zero-order chi connectivity index (χ0) is 20.6. The molecule has 0 aromatic heterocycles. The SMILES string of the molecule is O=C(CCCNC(=O)OCc1ccccc1)OCN1C(=O)c2ccccc2C1=O. The topological polar surface area (TPSA) is 102 Å². The summed E-state index contributed by atoms with van der Waals surface area (Å²) in [5.41, 5.74) is 1.47. The van der Waals surface area contributed by atoms with E-state index in [1.54, 1.807) is 24.3 Å². The first-order valence-corrected chi connectivity index (χ1v) is 9.11. The molecule has 0 bridgehead atoms. The van der Waals surface area contributed by atoms with Gasteiger partial charge in [-0.25, -0.2) is 9.69 Å². The van der Waals surface area contributed by atoms with E-state index in [9.17, 15) is 19.2 Å². The molecule has 0 fully saturated rings. The van der Waals surface area contributed by atoms with Crippen molar-refractivity contribution in [2.24, 2.45) is 0 Å². The Kier molecular flexibility index (Phi) is 6.57. The van der Waals surface area contributed by atoms with Crippen LogP contribution in [0.1, 0.15) is 39.1 Å². The number of carbonyl (C=O) groups is 4. The first kappa shape index (κ1) is 20.1. The number of alkyl carbamates (subject to hydrolysis) is 1. The van der Waals surface area contributed by atoms with E-state index in [4.69, 9.17) is 9.47 Å². The van der Waals surface area contributed by atoms with Crippen molar-refractivity contribution in [1.29, 1.82) is 0 Å². The summed E-state index contributed by atoms with van der Waals surface area (Å²) in [5.74, 6) is -1.54. The Morgan fingerprint density at radius 3 is 2.14 bits per heavy atom. The average Bonchev–Trinajstić information content (AvgIpc) is 2.99. The van der Waals surface area contributed by atoms with Gasteiger partial charge in [0.1, 0.15) is 6.61 Å². The van der Waals surface area contributed by atoms with Gasteiger partial charge >= 0.3 is 12.1 Å². The van der Waals surface area contributed by atoms with Crippen LogP contribution < -0.4 is 5.32 Å². The fourth-order valence-corrected chi connectivity index (χ4v) is 2.76. The Balaban J connectivity index is 1.31. The number of amides is 3. The zero-order valence-electron chi connectivity index (χ0n) is 15.6. The minimum atomic E-state index is -0.576. The summed E-state index contributed by atoms with van der Waals surface area (Å²) in [5, 5.41) is 2.54. The summed E-state index contributed by atoms with van der Waals surface area (Å²) < 4.78 is 10.1. The van der Waals surface area contributed by atoms with Gasteiger partial charge in [0.25, 0.3) is 11.8 Å². The Bertz CT molecular complexity index is 877. The third kappa shape index (κ3) is 5.19. The average molecular weight is 396 g/mol. The molecule has 8 heteroatoms. The molecule has 3 amide bonds. The predicted octanol–water partition coefficient (Wildman–Crippen LogP) is 2.49. The molecule has 1 aliphatic rings. The second kappa shape index (κ2) is 9.50. The number of rotatable bonds is 8. The molecule has 2 aromatic carbocycles. The molecule has 0 unspecified atom stereocenters. The number of imide groups is 1. The van der Waals surface area contributed by atoms with Crippen LogP contribution in [0.4, 0.5) is 4.79 Å². The molecule has 2 aromatic rings. The van der Waals surface area contributed by atoms with Gasteiger partial charge < -0.3 is 14.8 Å². The predicted molar refractivity (Wildman–Crippen MR) is 102 cm³/mol. The number of benzene rings is 2. The number of nitrogens with one attached hydrogen (secondary N) is 1. The van der Waals surface area contributed by atoms with Gasteiger partial charge in [0, 0.05) is 13.0 Å². The van der Waals surface area contributed by atoms with Gasteiger partial charge in [-0.3, -0.25) is 14.4 Å². The summed E-state index contributed by atoms with van der Waals surface area (Å²) in [6, 6.07) is 15.7. The summed E-state index contributed by atoms with van der Waals surface area (Å²) in [4.78, 5) is 48.7. The van der Waals surface area contributed by atoms with Crippen LogP contribution in [0.15, 0.2) is 54.6 Å². The smallest absolute Gasteiger partial charge is 0.407 e. The van der Waals surface area contributed by atoms with Crippen molar-refractivity contribution in [2.45, 2.75) is 19.4 Å². The Morgan fingerprint density at radius 1 is 0.862 bits per heavy atom. The van der Waals surface area contributed by atoms with Crippen LogP contribution in [0.25, 0.3) is 0 Å². The largest absolute Gasteiger partial charge is 0.445 e. The molecule has 1 N–H and O–H groups in total. The van der Waals surface area contributed by atoms with Gasteiger partial charge in [0.15, 0.2) is 6.73 Å². The molecule has 0 spiro atoms. The van der Waals surface area contributed by atoms with Crippen LogP contribution in [-0.2, 0) is 20.9 Å². The lowest BCUT2D eigenvalue weighted by Gasteiger charge is -2.14. The first-order chi connectivity index (χ1) is 14.1. The fourth-order valence-electron chi connectivity index (χ4n) is 2.76. The molecule has 3 rings (SSSR count). The van der Waals surface area contributed by atoms with Gasteiger partial charge in [-0.1, -0.05) is 42.5 Å². The number of hydrogen-bond acceptors (Lipinski definition) is 6. The third-order valence-electron chi connectivity index (χ3n) is 4.27. The van der Waals surface area contributed by atoms with Crippen molar-refractivity contribution >= 4 is 23.9 Å². The maximum absolute atomic E-state index is 12.2. The van der Waals surface area contributed by atoms with Crippen LogP contribution in [0.2, 0.25) is 0 Å². The molecular formula is C21H20N2O6. The van der Waals surface area contributed by atoms with E-state index in [0.717, 1.165) is 10.5 Å². The molecule has 0 aliphatic carbocycles. The van der Waals surface area contributed by atoms with E-state index in [2.05, 4.69) is 5.32 Å². The van der Waals surface area contributed by atoms with Gasteiger partial charge in [-0.05, 0) is 24.1 Å². The van der Waals surface area contributed by atoms with Crippen molar-refractivity contribution < 1.29 is 28.7 Å². The number of esters is 1. The van der Waals surface area contributed by atoms with Crippen molar-refractivity contribution in [3.8, 4) is 0 Å². The maximum atomic E-state index is 12.2. The van der Waals surface area contributed by atoms with Crippen LogP contribution in [0.3, 0.4) is 0 Å².